The van der Waals surface area contributed by atoms with Gasteiger partial charge in [0.15, 0.2) is 0 Å². The standard InChI is InChI=1S/C17H31N3/c1-5-11-20-12-10-19-16(20)15(18-4)17(13-14(2)3)8-6-7-9-17/h10,12,14-15,18H,5-9,11,13H2,1-4H3. The molecule has 0 aromatic carbocycles. The fourth-order valence-electron chi connectivity index (χ4n) is 4.22. The van der Waals surface area contributed by atoms with E-state index in [1.54, 1.807) is 0 Å². The Labute approximate surface area is 124 Å². The van der Waals surface area contributed by atoms with Crippen LogP contribution in [0.1, 0.15) is 71.2 Å². The van der Waals surface area contributed by atoms with E-state index in [9.17, 15) is 0 Å². The average molecular weight is 277 g/mol. The molecule has 3 nitrogen and oxygen atoms in total. The summed E-state index contributed by atoms with van der Waals surface area (Å²) in [7, 11) is 2.11. The first-order valence-electron chi connectivity index (χ1n) is 8.31. The number of imidazole rings is 1. The molecule has 1 saturated carbocycles. The van der Waals surface area contributed by atoms with Crippen LogP contribution in [0.3, 0.4) is 0 Å². The van der Waals surface area contributed by atoms with Crippen molar-refractivity contribution in [1.82, 2.24) is 14.9 Å². The zero-order valence-corrected chi connectivity index (χ0v) is 13.7. The second-order valence-electron chi connectivity index (χ2n) is 6.87. The van der Waals surface area contributed by atoms with Crippen molar-refractivity contribution in [3.8, 4) is 0 Å². The minimum absolute atomic E-state index is 0.397. The number of aromatic nitrogens is 2. The van der Waals surface area contributed by atoms with Crippen LogP contribution in [0.4, 0.5) is 0 Å². The van der Waals surface area contributed by atoms with Crippen LogP contribution in [0, 0.1) is 11.3 Å². The van der Waals surface area contributed by atoms with Crippen LogP contribution >= 0.6 is 0 Å². The van der Waals surface area contributed by atoms with Crippen molar-refractivity contribution in [3.63, 3.8) is 0 Å². The van der Waals surface area contributed by atoms with Crippen molar-refractivity contribution >= 4 is 0 Å². The summed E-state index contributed by atoms with van der Waals surface area (Å²) in [5, 5.41) is 3.61. The third-order valence-corrected chi connectivity index (χ3v) is 4.79. The van der Waals surface area contributed by atoms with E-state index < -0.39 is 0 Å². The highest BCUT2D eigenvalue weighted by Crippen LogP contribution is 2.51. The fraction of sp³-hybridized carbons (Fsp3) is 0.824. The summed E-state index contributed by atoms with van der Waals surface area (Å²) in [6.45, 7) is 8.01. The number of aryl methyl sites for hydroxylation is 1. The first-order chi connectivity index (χ1) is 9.63. The molecule has 114 valence electrons. The molecule has 3 heteroatoms. The highest BCUT2D eigenvalue weighted by molar-refractivity contribution is 5.08. The van der Waals surface area contributed by atoms with Crippen LogP contribution in [0.5, 0.6) is 0 Å². The van der Waals surface area contributed by atoms with Gasteiger partial charge in [-0.05, 0) is 44.1 Å². The van der Waals surface area contributed by atoms with Gasteiger partial charge in [0.1, 0.15) is 5.82 Å². The molecular weight excluding hydrogens is 246 g/mol. The summed E-state index contributed by atoms with van der Waals surface area (Å²) in [5.41, 5.74) is 0.403. The van der Waals surface area contributed by atoms with E-state index in [0.717, 1.165) is 18.9 Å². The molecule has 0 aliphatic heterocycles. The summed E-state index contributed by atoms with van der Waals surface area (Å²) < 4.78 is 2.35. The molecule has 1 fully saturated rings. The Morgan fingerprint density at radius 2 is 2.05 bits per heavy atom. The van der Waals surface area contributed by atoms with E-state index in [4.69, 9.17) is 4.98 Å². The predicted octanol–water partition coefficient (Wildman–Crippen LogP) is 4.16. The summed E-state index contributed by atoms with van der Waals surface area (Å²) >= 11 is 0. The second-order valence-corrected chi connectivity index (χ2v) is 6.87. The molecule has 2 rings (SSSR count). The maximum absolute atomic E-state index is 4.70. The summed E-state index contributed by atoms with van der Waals surface area (Å²) in [6.07, 6.45) is 12.0. The molecule has 1 aliphatic carbocycles. The Morgan fingerprint density at radius 1 is 1.35 bits per heavy atom. The van der Waals surface area contributed by atoms with Crippen LogP contribution < -0.4 is 5.32 Å². The van der Waals surface area contributed by atoms with Crippen LogP contribution in [0.15, 0.2) is 12.4 Å². The fourth-order valence-corrected chi connectivity index (χ4v) is 4.22. The van der Waals surface area contributed by atoms with Crippen molar-refractivity contribution in [2.45, 2.75) is 71.9 Å². The van der Waals surface area contributed by atoms with Gasteiger partial charge in [-0.1, -0.05) is 33.6 Å². The van der Waals surface area contributed by atoms with Crippen LogP contribution in [-0.4, -0.2) is 16.6 Å². The van der Waals surface area contributed by atoms with Gasteiger partial charge in [-0.25, -0.2) is 4.98 Å². The van der Waals surface area contributed by atoms with Crippen LogP contribution in [0.25, 0.3) is 0 Å². The van der Waals surface area contributed by atoms with Gasteiger partial charge < -0.3 is 9.88 Å². The molecule has 0 bridgehead atoms. The van der Waals surface area contributed by atoms with Gasteiger partial charge in [-0.15, -0.1) is 0 Å². The molecule has 1 aromatic heterocycles. The van der Waals surface area contributed by atoms with E-state index in [2.05, 4.69) is 43.9 Å². The Bertz CT molecular complexity index is 402. The number of nitrogens with one attached hydrogen (secondary N) is 1. The lowest BCUT2D eigenvalue weighted by atomic mass is 9.72. The number of nitrogens with zero attached hydrogens (tertiary/aromatic N) is 2. The lowest BCUT2D eigenvalue weighted by Crippen LogP contribution is -2.37. The summed E-state index contributed by atoms with van der Waals surface area (Å²) in [5.74, 6) is 2.00. The molecule has 20 heavy (non-hydrogen) atoms. The average Bonchev–Trinajstić information content (AvgIpc) is 3.01. The molecular formula is C17H31N3. The van der Waals surface area contributed by atoms with Gasteiger partial charge in [0, 0.05) is 18.9 Å². The quantitative estimate of drug-likeness (QED) is 0.811. The third-order valence-electron chi connectivity index (χ3n) is 4.79. The van der Waals surface area contributed by atoms with E-state index in [1.165, 1.54) is 37.9 Å². The Morgan fingerprint density at radius 3 is 2.60 bits per heavy atom. The first-order valence-corrected chi connectivity index (χ1v) is 8.31. The Kier molecular flexibility index (Phi) is 5.25. The van der Waals surface area contributed by atoms with Crippen molar-refractivity contribution in [1.29, 1.82) is 0 Å². The van der Waals surface area contributed by atoms with Gasteiger partial charge >= 0.3 is 0 Å². The van der Waals surface area contributed by atoms with Crippen molar-refractivity contribution in [2.75, 3.05) is 7.05 Å². The van der Waals surface area contributed by atoms with Gasteiger partial charge in [0.05, 0.1) is 6.04 Å². The first kappa shape index (κ1) is 15.6. The minimum atomic E-state index is 0.397. The number of rotatable bonds is 7. The number of hydrogen-bond acceptors (Lipinski definition) is 2. The second kappa shape index (κ2) is 6.75. The third kappa shape index (κ3) is 3.08. The van der Waals surface area contributed by atoms with E-state index in [0.29, 0.717) is 11.5 Å². The SMILES string of the molecule is CCCn1ccnc1C(NC)C1(CC(C)C)CCCC1. The lowest BCUT2D eigenvalue weighted by Gasteiger charge is -2.39. The minimum Gasteiger partial charge on any atom is -0.334 e. The largest absolute Gasteiger partial charge is 0.334 e. The number of hydrogen-bond donors (Lipinski definition) is 1. The van der Waals surface area contributed by atoms with Gasteiger partial charge in [-0.3, -0.25) is 0 Å². The van der Waals surface area contributed by atoms with Crippen molar-refractivity contribution in [2.24, 2.45) is 11.3 Å². The van der Waals surface area contributed by atoms with E-state index in [1.807, 2.05) is 6.20 Å². The van der Waals surface area contributed by atoms with Crippen LogP contribution in [0.2, 0.25) is 0 Å². The maximum Gasteiger partial charge on any atom is 0.126 e. The zero-order chi connectivity index (χ0) is 14.6. The van der Waals surface area contributed by atoms with Crippen molar-refractivity contribution < 1.29 is 0 Å². The molecule has 1 unspecified atom stereocenters. The smallest absolute Gasteiger partial charge is 0.126 e. The molecule has 0 radical (unpaired) electrons. The lowest BCUT2D eigenvalue weighted by molar-refractivity contribution is 0.152. The summed E-state index contributed by atoms with van der Waals surface area (Å²) in [6, 6.07) is 0.397. The maximum atomic E-state index is 4.70. The Balaban J connectivity index is 2.30. The normalized spacial score (nSPS) is 19.6. The molecule has 1 heterocycles. The highest BCUT2D eigenvalue weighted by Gasteiger charge is 2.43. The zero-order valence-electron chi connectivity index (χ0n) is 13.7. The van der Waals surface area contributed by atoms with E-state index >= 15 is 0 Å². The van der Waals surface area contributed by atoms with Crippen LogP contribution in [-0.2, 0) is 6.54 Å². The molecule has 0 spiro atoms. The van der Waals surface area contributed by atoms with E-state index in [-0.39, 0.29) is 0 Å². The topological polar surface area (TPSA) is 29.9 Å². The Hall–Kier alpha value is -0.830. The van der Waals surface area contributed by atoms with Gasteiger partial charge in [-0.2, -0.15) is 0 Å². The predicted molar refractivity (Wildman–Crippen MR) is 84.7 cm³/mol. The van der Waals surface area contributed by atoms with Crippen molar-refractivity contribution in [3.05, 3.63) is 18.2 Å². The van der Waals surface area contributed by atoms with Gasteiger partial charge in [0.2, 0.25) is 0 Å². The molecule has 0 amide bonds. The summed E-state index contributed by atoms with van der Waals surface area (Å²) in [4.78, 5) is 4.70. The van der Waals surface area contributed by atoms with Gasteiger partial charge in [0.25, 0.3) is 0 Å². The monoisotopic (exact) mass is 277 g/mol. The molecule has 1 atom stereocenters. The molecule has 0 saturated heterocycles. The molecule has 1 aromatic rings. The molecule has 1 aliphatic rings. The highest BCUT2D eigenvalue weighted by atomic mass is 15.1. The molecule has 1 N–H and O–H groups in total.